The minimum absolute atomic E-state index is 0.00448. The Hall–Kier alpha value is -2.34. The van der Waals surface area contributed by atoms with Crippen LogP contribution in [0.1, 0.15) is 41.3 Å². The predicted molar refractivity (Wildman–Crippen MR) is 85.8 cm³/mol. The largest absolute Gasteiger partial charge is 0.489 e. The molecule has 1 unspecified atom stereocenters. The Bertz CT molecular complexity index is 725. The van der Waals surface area contributed by atoms with Gasteiger partial charge in [0, 0.05) is 18.7 Å². The number of halogens is 1. The number of carboxylic acids is 1. The van der Waals surface area contributed by atoms with Gasteiger partial charge in [0.25, 0.3) is 0 Å². The van der Waals surface area contributed by atoms with Crippen molar-refractivity contribution in [2.24, 2.45) is 0 Å². The SMILES string of the molecule is Cc1cc(C(C)N2CC[C@H](Oc3ccc(F)cc3)C2)oc1C(=O)O. The van der Waals surface area contributed by atoms with Crippen LogP contribution in [0.3, 0.4) is 0 Å². The van der Waals surface area contributed by atoms with Crippen LogP contribution < -0.4 is 4.74 Å². The molecule has 0 saturated carbocycles. The number of hydrogen-bond donors (Lipinski definition) is 1. The monoisotopic (exact) mass is 333 g/mol. The van der Waals surface area contributed by atoms with Gasteiger partial charge in [-0.2, -0.15) is 0 Å². The first-order valence-corrected chi connectivity index (χ1v) is 7.94. The van der Waals surface area contributed by atoms with Gasteiger partial charge in [-0.25, -0.2) is 9.18 Å². The number of rotatable bonds is 5. The molecule has 6 heteroatoms. The molecule has 24 heavy (non-hydrogen) atoms. The Morgan fingerprint density at radius 3 is 2.75 bits per heavy atom. The van der Waals surface area contributed by atoms with E-state index in [-0.39, 0.29) is 23.7 Å². The number of hydrogen-bond acceptors (Lipinski definition) is 4. The minimum atomic E-state index is -1.05. The summed E-state index contributed by atoms with van der Waals surface area (Å²) in [6.45, 7) is 5.26. The van der Waals surface area contributed by atoms with E-state index in [4.69, 9.17) is 14.3 Å². The molecule has 1 N–H and O–H groups in total. The first-order chi connectivity index (χ1) is 11.4. The second kappa shape index (κ2) is 6.65. The van der Waals surface area contributed by atoms with E-state index in [0.717, 1.165) is 13.0 Å². The van der Waals surface area contributed by atoms with Gasteiger partial charge in [0.2, 0.25) is 5.76 Å². The molecule has 2 atom stereocenters. The zero-order valence-corrected chi connectivity index (χ0v) is 13.7. The lowest BCUT2D eigenvalue weighted by Crippen LogP contribution is -2.27. The van der Waals surface area contributed by atoms with E-state index in [0.29, 0.717) is 23.6 Å². The molecule has 1 aliphatic heterocycles. The molecule has 0 aliphatic carbocycles. The third kappa shape index (κ3) is 3.43. The van der Waals surface area contributed by atoms with Gasteiger partial charge in [-0.15, -0.1) is 0 Å². The van der Waals surface area contributed by atoms with Crippen molar-refractivity contribution in [2.75, 3.05) is 13.1 Å². The fraction of sp³-hybridized carbons (Fsp3) is 0.389. The summed E-state index contributed by atoms with van der Waals surface area (Å²) in [5.41, 5.74) is 0.627. The molecule has 1 saturated heterocycles. The second-order valence-corrected chi connectivity index (χ2v) is 6.12. The highest BCUT2D eigenvalue weighted by Crippen LogP contribution is 2.29. The maximum Gasteiger partial charge on any atom is 0.372 e. The van der Waals surface area contributed by atoms with Gasteiger partial charge in [-0.05, 0) is 50.6 Å². The van der Waals surface area contributed by atoms with Crippen LogP contribution >= 0.6 is 0 Å². The van der Waals surface area contributed by atoms with Crippen LogP contribution in [0.4, 0.5) is 4.39 Å². The van der Waals surface area contributed by atoms with Crippen LogP contribution in [0.15, 0.2) is 34.7 Å². The molecule has 2 aromatic rings. The molecule has 128 valence electrons. The molecular formula is C18H20FNO4. The highest BCUT2D eigenvalue weighted by Gasteiger charge is 2.30. The fourth-order valence-electron chi connectivity index (χ4n) is 3.01. The Kier molecular flexibility index (Phi) is 4.57. The van der Waals surface area contributed by atoms with E-state index < -0.39 is 5.97 Å². The van der Waals surface area contributed by atoms with Crippen LogP contribution in [0.2, 0.25) is 0 Å². The van der Waals surface area contributed by atoms with Gasteiger partial charge in [0.1, 0.15) is 23.4 Å². The van der Waals surface area contributed by atoms with E-state index in [2.05, 4.69) is 4.90 Å². The molecule has 0 amide bonds. The second-order valence-electron chi connectivity index (χ2n) is 6.12. The molecule has 1 fully saturated rings. The average Bonchev–Trinajstić information content (AvgIpc) is 3.16. The topological polar surface area (TPSA) is 62.9 Å². The number of aromatic carboxylic acids is 1. The molecular weight excluding hydrogens is 313 g/mol. The normalized spacial score (nSPS) is 19.4. The number of likely N-dealkylation sites (tertiary alicyclic amines) is 1. The van der Waals surface area contributed by atoms with Gasteiger partial charge in [0.15, 0.2) is 0 Å². The maximum atomic E-state index is 12.9. The summed E-state index contributed by atoms with van der Waals surface area (Å²) in [7, 11) is 0. The third-order valence-electron chi connectivity index (χ3n) is 4.38. The number of furan rings is 1. The van der Waals surface area contributed by atoms with Crippen LogP contribution in [-0.2, 0) is 0 Å². The van der Waals surface area contributed by atoms with Crippen LogP contribution in [-0.4, -0.2) is 35.2 Å². The quantitative estimate of drug-likeness (QED) is 0.905. The molecule has 0 spiro atoms. The van der Waals surface area contributed by atoms with Crippen molar-refractivity contribution in [2.45, 2.75) is 32.4 Å². The van der Waals surface area contributed by atoms with Crippen molar-refractivity contribution in [3.05, 3.63) is 53.2 Å². The predicted octanol–water partition coefficient (Wildman–Crippen LogP) is 3.64. The van der Waals surface area contributed by atoms with Crippen molar-refractivity contribution in [1.29, 1.82) is 0 Å². The van der Waals surface area contributed by atoms with Crippen molar-refractivity contribution in [3.63, 3.8) is 0 Å². The maximum absolute atomic E-state index is 12.9. The van der Waals surface area contributed by atoms with Gasteiger partial charge >= 0.3 is 5.97 Å². The molecule has 1 aliphatic rings. The smallest absolute Gasteiger partial charge is 0.372 e. The highest BCUT2D eigenvalue weighted by atomic mass is 19.1. The zero-order valence-electron chi connectivity index (χ0n) is 13.7. The summed E-state index contributed by atoms with van der Waals surface area (Å²) in [4.78, 5) is 13.3. The lowest BCUT2D eigenvalue weighted by molar-refractivity contribution is 0.0655. The summed E-state index contributed by atoms with van der Waals surface area (Å²) in [6, 6.07) is 7.75. The highest BCUT2D eigenvalue weighted by molar-refractivity contribution is 5.86. The van der Waals surface area contributed by atoms with Crippen molar-refractivity contribution < 1.29 is 23.4 Å². The Morgan fingerprint density at radius 1 is 1.42 bits per heavy atom. The van der Waals surface area contributed by atoms with Gasteiger partial charge < -0.3 is 14.3 Å². The molecule has 0 bridgehead atoms. The number of carbonyl (C=O) groups is 1. The van der Waals surface area contributed by atoms with E-state index in [9.17, 15) is 9.18 Å². The fourth-order valence-corrected chi connectivity index (χ4v) is 3.01. The molecule has 5 nitrogen and oxygen atoms in total. The lowest BCUT2D eigenvalue weighted by Gasteiger charge is -2.22. The van der Waals surface area contributed by atoms with E-state index in [1.807, 2.05) is 6.92 Å². The van der Waals surface area contributed by atoms with Crippen molar-refractivity contribution in [3.8, 4) is 5.75 Å². The van der Waals surface area contributed by atoms with Crippen LogP contribution in [0.25, 0.3) is 0 Å². The van der Waals surface area contributed by atoms with Gasteiger partial charge in [-0.1, -0.05) is 0 Å². The Morgan fingerprint density at radius 2 is 2.12 bits per heavy atom. The first kappa shape index (κ1) is 16.5. The third-order valence-corrected chi connectivity index (χ3v) is 4.38. The summed E-state index contributed by atoms with van der Waals surface area (Å²) in [5.74, 6) is -0.0447. The van der Waals surface area contributed by atoms with Crippen molar-refractivity contribution >= 4 is 5.97 Å². The van der Waals surface area contributed by atoms with Crippen LogP contribution in [0, 0.1) is 12.7 Å². The number of aryl methyl sites for hydroxylation is 1. The first-order valence-electron chi connectivity index (χ1n) is 7.94. The number of carboxylic acid groups (broad SMARTS) is 1. The standard InChI is InChI=1S/C18H20FNO4/c1-11-9-16(24-17(11)18(21)22)12(2)20-8-7-15(10-20)23-14-5-3-13(19)4-6-14/h3-6,9,12,15H,7-8,10H2,1-2H3,(H,21,22)/t12?,15-/m0/s1. The van der Waals surface area contributed by atoms with Gasteiger partial charge in [-0.3, -0.25) is 4.90 Å². The van der Waals surface area contributed by atoms with E-state index in [1.165, 1.54) is 12.1 Å². The summed E-state index contributed by atoms with van der Waals surface area (Å²) >= 11 is 0. The molecule has 2 heterocycles. The Labute approximate surface area is 139 Å². The van der Waals surface area contributed by atoms with Crippen molar-refractivity contribution in [1.82, 2.24) is 4.90 Å². The summed E-state index contributed by atoms with van der Waals surface area (Å²) < 4.78 is 24.3. The average molecular weight is 333 g/mol. The van der Waals surface area contributed by atoms with Crippen LogP contribution in [0.5, 0.6) is 5.75 Å². The molecule has 3 rings (SSSR count). The summed E-state index contributed by atoms with van der Waals surface area (Å²) in [5, 5.41) is 9.10. The lowest BCUT2D eigenvalue weighted by atomic mass is 10.2. The summed E-state index contributed by atoms with van der Waals surface area (Å²) in [6.07, 6.45) is 0.876. The molecule has 0 radical (unpaired) electrons. The molecule has 1 aromatic heterocycles. The number of benzene rings is 1. The van der Waals surface area contributed by atoms with E-state index >= 15 is 0 Å². The Balaban J connectivity index is 1.63. The minimum Gasteiger partial charge on any atom is -0.489 e. The number of nitrogens with zero attached hydrogens (tertiary/aromatic N) is 1. The van der Waals surface area contributed by atoms with Gasteiger partial charge in [0.05, 0.1) is 6.04 Å². The van der Waals surface area contributed by atoms with E-state index in [1.54, 1.807) is 25.1 Å². The zero-order chi connectivity index (χ0) is 17.3. The number of ether oxygens (including phenoxy) is 1. The molecule has 1 aromatic carbocycles.